The van der Waals surface area contributed by atoms with Gasteiger partial charge in [0.15, 0.2) is 0 Å². The first-order valence-electron chi connectivity index (χ1n) is 5.65. The number of aromatic nitrogens is 2. The van der Waals surface area contributed by atoms with E-state index in [0.29, 0.717) is 6.42 Å². The van der Waals surface area contributed by atoms with E-state index in [1.807, 2.05) is 18.3 Å². The number of nitrogens with one attached hydrogen (secondary N) is 1. The molecule has 2 aromatic heterocycles. The third kappa shape index (κ3) is 1.84. The molecule has 2 heterocycles. The predicted molar refractivity (Wildman–Crippen MR) is 62.9 cm³/mol. The predicted octanol–water partition coefficient (Wildman–Crippen LogP) is 3.77. The van der Waals surface area contributed by atoms with Crippen LogP contribution in [0.1, 0.15) is 24.8 Å². The zero-order valence-corrected chi connectivity index (χ0v) is 9.21. The van der Waals surface area contributed by atoms with Gasteiger partial charge >= 0.3 is 0 Å². The average molecular weight is 234 g/mol. The van der Waals surface area contributed by atoms with Crippen LogP contribution in [0, 0.1) is 0 Å². The van der Waals surface area contributed by atoms with E-state index >= 15 is 0 Å². The molecule has 1 aliphatic rings. The lowest BCUT2D eigenvalue weighted by Crippen LogP contribution is -2.18. The van der Waals surface area contributed by atoms with Crippen LogP contribution in [0.25, 0.3) is 16.6 Å². The van der Waals surface area contributed by atoms with E-state index in [-0.39, 0.29) is 12.8 Å². The van der Waals surface area contributed by atoms with Gasteiger partial charge in [0.2, 0.25) is 0 Å². The fourth-order valence-corrected chi connectivity index (χ4v) is 2.28. The Morgan fingerprint density at radius 3 is 2.94 bits per heavy atom. The molecule has 0 amide bonds. The maximum atomic E-state index is 13.1. The van der Waals surface area contributed by atoms with Crippen LogP contribution in [-0.4, -0.2) is 15.9 Å². The summed E-state index contributed by atoms with van der Waals surface area (Å²) in [4.78, 5) is 7.22. The largest absolute Gasteiger partial charge is 0.346 e. The first-order valence-corrected chi connectivity index (χ1v) is 5.65. The van der Waals surface area contributed by atoms with E-state index in [1.165, 1.54) is 0 Å². The van der Waals surface area contributed by atoms with Crippen molar-refractivity contribution in [3.05, 3.63) is 36.2 Å². The van der Waals surface area contributed by atoms with Gasteiger partial charge in [0.1, 0.15) is 5.65 Å². The van der Waals surface area contributed by atoms with Crippen LogP contribution >= 0.6 is 0 Å². The highest BCUT2D eigenvalue weighted by Gasteiger charge is 2.31. The highest BCUT2D eigenvalue weighted by molar-refractivity contribution is 5.90. The fraction of sp³-hybridized carbons (Fsp3) is 0.308. The fourth-order valence-electron chi connectivity index (χ4n) is 2.28. The van der Waals surface area contributed by atoms with Crippen molar-refractivity contribution in [1.82, 2.24) is 9.97 Å². The topological polar surface area (TPSA) is 28.7 Å². The Kier molecular flexibility index (Phi) is 2.24. The standard InChI is InChI=1S/C13H12F2N2/c14-13(15)5-1-9(2-6-13)10-3-7-16-12-11(10)4-8-17-12/h1,3-4,7-8H,2,5-6H2,(H,16,17). The summed E-state index contributed by atoms with van der Waals surface area (Å²) < 4.78 is 26.2. The second kappa shape index (κ2) is 3.65. The van der Waals surface area contributed by atoms with Crippen LogP contribution in [0.5, 0.6) is 0 Å². The lowest BCUT2D eigenvalue weighted by atomic mass is 9.91. The maximum Gasteiger partial charge on any atom is 0.251 e. The van der Waals surface area contributed by atoms with Crippen LogP contribution in [0.4, 0.5) is 8.78 Å². The minimum absolute atomic E-state index is 0.0624. The summed E-state index contributed by atoms with van der Waals surface area (Å²) in [5, 5.41) is 1.00. The second-order valence-corrected chi connectivity index (χ2v) is 4.39. The van der Waals surface area contributed by atoms with Crippen molar-refractivity contribution in [3.63, 3.8) is 0 Å². The lowest BCUT2D eigenvalue weighted by Gasteiger charge is -2.21. The minimum atomic E-state index is -2.53. The molecular formula is C13H12F2N2. The SMILES string of the molecule is FC1(F)CC=C(c2ccnc3[nH]ccc23)CC1. The first kappa shape index (κ1) is 10.4. The molecule has 2 aromatic rings. The molecule has 88 valence electrons. The first-order chi connectivity index (χ1) is 8.16. The number of hydrogen-bond acceptors (Lipinski definition) is 1. The van der Waals surface area contributed by atoms with Crippen molar-refractivity contribution in [2.75, 3.05) is 0 Å². The van der Waals surface area contributed by atoms with Crippen molar-refractivity contribution in [3.8, 4) is 0 Å². The second-order valence-electron chi connectivity index (χ2n) is 4.39. The Labute approximate surface area is 97.4 Å². The Hall–Kier alpha value is -1.71. The Morgan fingerprint density at radius 1 is 1.29 bits per heavy atom. The molecule has 0 spiro atoms. The summed E-state index contributed by atoms with van der Waals surface area (Å²) >= 11 is 0. The summed E-state index contributed by atoms with van der Waals surface area (Å²) in [5.41, 5.74) is 2.83. The van der Waals surface area contributed by atoms with E-state index < -0.39 is 5.92 Å². The van der Waals surface area contributed by atoms with Gasteiger partial charge in [-0.3, -0.25) is 0 Å². The highest BCUT2D eigenvalue weighted by atomic mass is 19.3. The summed E-state index contributed by atoms with van der Waals surface area (Å²) in [6.07, 6.45) is 5.40. The van der Waals surface area contributed by atoms with Crippen LogP contribution in [0.2, 0.25) is 0 Å². The van der Waals surface area contributed by atoms with E-state index in [9.17, 15) is 8.78 Å². The minimum Gasteiger partial charge on any atom is -0.346 e. The third-order valence-corrected chi connectivity index (χ3v) is 3.21. The van der Waals surface area contributed by atoms with E-state index in [4.69, 9.17) is 0 Å². The number of alkyl halides is 2. The third-order valence-electron chi connectivity index (χ3n) is 3.21. The van der Waals surface area contributed by atoms with Crippen molar-refractivity contribution in [2.45, 2.75) is 25.2 Å². The molecule has 0 fully saturated rings. The molecule has 0 bridgehead atoms. The molecule has 3 rings (SSSR count). The maximum absolute atomic E-state index is 13.1. The molecule has 0 unspecified atom stereocenters. The van der Waals surface area contributed by atoms with Gasteiger partial charge in [0.05, 0.1) is 0 Å². The monoisotopic (exact) mass is 234 g/mol. The molecule has 0 atom stereocenters. The molecule has 4 heteroatoms. The molecule has 0 aliphatic heterocycles. The van der Waals surface area contributed by atoms with Gasteiger partial charge in [-0.25, -0.2) is 13.8 Å². The molecule has 0 saturated heterocycles. The smallest absolute Gasteiger partial charge is 0.251 e. The molecular weight excluding hydrogens is 222 g/mol. The molecule has 1 aliphatic carbocycles. The van der Waals surface area contributed by atoms with Crippen LogP contribution in [-0.2, 0) is 0 Å². The Morgan fingerprint density at radius 2 is 2.18 bits per heavy atom. The number of rotatable bonds is 1. The summed E-state index contributed by atoms with van der Waals surface area (Å²) in [6.45, 7) is 0. The normalized spacial score (nSPS) is 19.3. The van der Waals surface area contributed by atoms with Crippen molar-refractivity contribution in [2.24, 2.45) is 0 Å². The van der Waals surface area contributed by atoms with Crippen molar-refractivity contribution < 1.29 is 8.78 Å². The van der Waals surface area contributed by atoms with Gasteiger partial charge in [0, 0.05) is 30.6 Å². The average Bonchev–Trinajstić information content (AvgIpc) is 2.77. The molecule has 0 radical (unpaired) electrons. The Balaban J connectivity index is 2.05. The van der Waals surface area contributed by atoms with Gasteiger partial charge in [-0.15, -0.1) is 0 Å². The number of allylic oxidation sites excluding steroid dienone is 2. The van der Waals surface area contributed by atoms with Gasteiger partial charge in [-0.2, -0.15) is 0 Å². The molecule has 0 saturated carbocycles. The van der Waals surface area contributed by atoms with Crippen LogP contribution < -0.4 is 0 Å². The number of halogens is 2. The zero-order chi connectivity index (χ0) is 11.9. The highest BCUT2D eigenvalue weighted by Crippen LogP contribution is 2.37. The quantitative estimate of drug-likeness (QED) is 0.799. The van der Waals surface area contributed by atoms with E-state index in [1.54, 1.807) is 12.3 Å². The number of hydrogen-bond donors (Lipinski definition) is 1. The van der Waals surface area contributed by atoms with E-state index in [0.717, 1.165) is 22.2 Å². The number of fused-ring (bicyclic) bond motifs is 1. The number of nitrogens with zero attached hydrogens (tertiary/aromatic N) is 1. The van der Waals surface area contributed by atoms with Gasteiger partial charge in [-0.1, -0.05) is 6.08 Å². The lowest BCUT2D eigenvalue weighted by molar-refractivity contribution is -0.00601. The van der Waals surface area contributed by atoms with Gasteiger partial charge < -0.3 is 4.98 Å². The molecule has 17 heavy (non-hydrogen) atoms. The van der Waals surface area contributed by atoms with E-state index in [2.05, 4.69) is 9.97 Å². The summed E-state index contributed by atoms with van der Waals surface area (Å²) in [7, 11) is 0. The Bertz CT molecular complexity index is 584. The number of aromatic amines is 1. The van der Waals surface area contributed by atoms with Crippen LogP contribution in [0.15, 0.2) is 30.6 Å². The molecule has 2 nitrogen and oxygen atoms in total. The number of pyridine rings is 1. The summed E-state index contributed by atoms with van der Waals surface area (Å²) in [6, 6.07) is 3.83. The van der Waals surface area contributed by atoms with Crippen molar-refractivity contribution in [1.29, 1.82) is 0 Å². The molecule has 0 aromatic carbocycles. The van der Waals surface area contributed by atoms with Gasteiger partial charge in [0.25, 0.3) is 5.92 Å². The number of H-pyrrole nitrogens is 1. The van der Waals surface area contributed by atoms with Crippen molar-refractivity contribution >= 4 is 16.6 Å². The van der Waals surface area contributed by atoms with Crippen LogP contribution in [0.3, 0.4) is 0 Å². The van der Waals surface area contributed by atoms with Gasteiger partial charge in [-0.05, 0) is 29.7 Å². The zero-order valence-electron chi connectivity index (χ0n) is 9.21. The summed E-state index contributed by atoms with van der Waals surface area (Å²) in [5.74, 6) is -2.53. The molecule has 1 N–H and O–H groups in total.